The van der Waals surface area contributed by atoms with Gasteiger partial charge in [-0.15, -0.1) is 0 Å². The van der Waals surface area contributed by atoms with Gasteiger partial charge in [0.2, 0.25) is 5.91 Å². The van der Waals surface area contributed by atoms with Crippen LogP contribution in [0, 0.1) is 0 Å². The highest BCUT2D eigenvalue weighted by Crippen LogP contribution is 2.19. The number of benzene rings is 2. The van der Waals surface area contributed by atoms with Crippen LogP contribution in [0.5, 0.6) is 5.75 Å². The molecule has 0 saturated carbocycles. The van der Waals surface area contributed by atoms with Crippen molar-refractivity contribution in [2.45, 2.75) is 13.0 Å². The third kappa shape index (κ3) is 4.23. The zero-order chi connectivity index (χ0) is 15.2. The lowest BCUT2D eigenvalue weighted by atomic mass is 10.1. The van der Waals surface area contributed by atoms with Gasteiger partial charge in [0.15, 0.2) is 0 Å². The van der Waals surface area contributed by atoms with Gasteiger partial charge in [0, 0.05) is 24.2 Å². The van der Waals surface area contributed by atoms with E-state index < -0.39 is 0 Å². The molecule has 4 heteroatoms. The SMILES string of the molecule is COc1ccccc1CC(=O)N(C)Cc1ccc(Cl)cc1. The number of amides is 1. The number of carbonyl (C=O) groups is 1. The fourth-order valence-electron chi connectivity index (χ4n) is 2.10. The Hall–Kier alpha value is -2.00. The predicted octanol–water partition coefficient (Wildman–Crippen LogP) is 3.55. The lowest BCUT2D eigenvalue weighted by Gasteiger charge is -2.18. The molecule has 0 N–H and O–H groups in total. The molecule has 0 atom stereocenters. The summed E-state index contributed by atoms with van der Waals surface area (Å²) in [6, 6.07) is 15.1. The Morgan fingerprint density at radius 1 is 1.14 bits per heavy atom. The number of methoxy groups -OCH3 is 1. The molecule has 0 saturated heterocycles. The van der Waals surface area contributed by atoms with Crippen molar-refractivity contribution < 1.29 is 9.53 Å². The molecule has 0 radical (unpaired) electrons. The standard InChI is InChI=1S/C17H18ClNO2/c1-19(12-13-7-9-15(18)10-8-13)17(20)11-14-5-3-4-6-16(14)21-2/h3-10H,11-12H2,1-2H3. The molecule has 21 heavy (non-hydrogen) atoms. The van der Waals surface area contributed by atoms with Crippen LogP contribution < -0.4 is 4.74 Å². The average molecular weight is 304 g/mol. The van der Waals surface area contributed by atoms with Crippen LogP contribution in [0.4, 0.5) is 0 Å². The summed E-state index contributed by atoms with van der Waals surface area (Å²) in [4.78, 5) is 14.0. The zero-order valence-corrected chi connectivity index (χ0v) is 12.9. The van der Waals surface area contributed by atoms with Crippen LogP contribution in [0.15, 0.2) is 48.5 Å². The van der Waals surface area contributed by atoms with E-state index >= 15 is 0 Å². The van der Waals surface area contributed by atoms with E-state index in [4.69, 9.17) is 16.3 Å². The molecular weight excluding hydrogens is 286 g/mol. The number of hydrogen-bond donors (Lipinski definition) is 0. The third-order valence-electron chi connectivity index (χ3n) is 3.29. The molecule has 0 spiro atoms. The van der Waals surface area contributed by atoms with Crippen molar-refractivity contribution in [1.29, 1.82) is 0 Å². The summed E-state index contributed by atoms with van der Waals surface area (Å²) in [6.07, 6.45) is 0.327. The van der Waals surface area contributed by atoms with Gasteiger partial charge in [0.1, 0.15) is 5.75 Å². The van der Waals surface area contributed by atoms with Crippen molar-refractivity contribution in [3.8, 4) is 5.75 Å². The number of nitrogens with zero attached hydrogens (tertiary/aromatic N) is 1. The zero-order valence-electron chi connectivity index (χ0n) is 12.2. The monoisotopic (exact) mass is 303 g/mol. The lowest BCUT2D eigenvalue weighted by Crippen LogP contribution is -2.27. The topological polar surface area (TPSA) is 29.5 Å². The molecule has 3 nitrogen and oxygen atoms in total. The molecule has 0 aromatic heterocycles. The lowest BCUT2D eigenvalue weighted by molar-refractivity contribution is -0.129. The molecule has 0 fully saturated rings. The highest BCUT2D eigenvalue weighted by atomic mass is 35.5. The molecule has 0 heterocycles. The minimum absolute atomic E-state index is 0.0504. The molecule has 110 valence electrons. The maximum atomic E-state index is 12.3. The van der Waals surface area contributed by atoms with Crippen LogP contribution in [0.1, 0.15) is 11.1 Å². The second-order valence-electron chi connectivity index (χ2n) is 4.86. The summed E-state index contributed by atoms with van der Waals surface area (Å²) in [5, 5.41) is 0.696. The van der Waals surface area contributed by atoms with Gasteiger partial charge in [-0.05, 0) is 23.8 Å². The highest BCUT2D eigenvalue weighted by Gasteiger charge is 2.12. The molecule has 2 aromatic rings. The molecule has 0 unspecified atom stereocenters. The average Bonchev–Trinajstić information content (AvgIpc) is 2.50. The van der Waals surface area contributed by atoms with Crippen molar-refractivity contribution in [3.05, 3.63) is 64.7 Å². The molecule has 0 aliphatic carbocycles. The maximum absolute atomic E-state index is 12.3. The first-order chi connectivity index (χ1) is 10.1. The van der Waals surface area contributed by atoms with E-state index in [0.29, 0.717) is 18.0 Å². The van der Waals surface area contributed by atoms with Gasteiger partial charge in [-0.2, -0.15) is 0 Å². The highest BCUT2D eigenvalue weighted by molar-refractivity contribution is 6.30. The number of hydrogen-bond acceptors (Lipinski definition) is 2. The van der Waals surface area contributed by atoms with E-state index in [0.717, 1.165) is 16.9 Å². The fourth-order valence-corrected chi connectivity index (χ4v) is 2.22. The van der Waals surface area contributed by atoms with Crippen LogP contribution in [0.2, 0.25) is 5.02 Å². The van der Waals surface area contributed by atoms with E-state index in [9.17, 15) is 4.79 Å². The van der Waals surface area contributed by atoms with Gasteiger partial charge < -0.3 is 9.64 Å². The first-order valence-electron chi connectivity index (χ1n) is 6.70. The van der Waals surface area contributed by atoms with Gasteiger partial charge in [0.25, 0.3) is 0 Å². The summed E-state index contributed by atoms with van der Waals surface area (Å²) in [7, 11) is 3.41. The first-order valence-corrected chi connectivity index (χ1v) is 7.08. The van der Waals surface area contributed by atoms with Crippen molar-refractivity contribution >= 4 is 17.5 Å². The normalized spacial score (nSPS) is 10.2. The van der Waals surface area contributed by atoms with Crippen LogP contribution in [0.3, 0.4) is 0 Å². The first kappa shape index (κ1) is 15.4. The Bertz CT molecular complexity index is 610. The van der Waals surface area contributed by atoms with E-state index in [1.807, 2.05) is 48.5 Å². The second kappa shape index (κ2) is 7.14. The molecule has 0 aliphatic rings. The van der Waals surface area contributed by atoms with Gasteiger partial charge in [0.05, 0.1) is 13.5 Å². The van der Waals surface area contributed by atoms with E-state index in [1.165, 1.54) is 0 Å². The molecule has 0 bridgehead atoms. The van der Waals surface area contributed by atoms with E-state index in [1.54, 1.807) is 19.1 Å². The largest absolute Gasteiger partial charge is 0.496 e. The molecular formula is C17H18ClNO2. The maximum Gasteiger partial charge on any atom is 0.227 e. The van der Waals surface area contributed by atoms with E-state index in [2.05, 4.69) is 0 Å². The van der Waals surface area contributed by atoms with Gasteiger partial charge >= 0.3 is 0 Å². The van der Waals surface area contributed by atoms with Gasteiger partial charge in [-0.1, -0.05) is 41.9 Å². The summed E-state index contributed by atoms with van der Waals surface area (Å²) >= 11 is 5.86. The van der Waals surface area contributed by atoms with Crippen molar-refractivity contribution in [2.75, 3.05) is 14.2 Å². The van der Waals surface area contributed by atoms with Crippen LogP contribution in [-0.4, -0.2) is 25.0 Å². The molecule has 0 aliphatic heterocycles. The molecule has 2 aromatic carbocycles. The Balaban J connectivity index is 2.01. The summed E-state index contributed by atoms with van der Waals surface area (Å²) < 4.78 is 5.27. The smallest absolute Gasteiger partial charge is 0.227 e. The third-order valence-corrected chi connectivity index (χ3v) is 3.54. The molecule has 2 rings (SSSR count). The fraction of sp³-hybridized carbons (Fsp3) is 0.235. The minimum atomic E-state index is 0.0504. The Morgan fingerprint density at radius 3 is 2.48 bits per heavy atom. The van der Waals surface area contributed by atoms with Crippen molar-refractivity contribution in [2.24, 2.45) is 0 Å². The predicted molar refractivity (Wildman–Crippen MR) is 84.6 cm³/mol. The van der Waals surface area contributed by atoms with E-state index in [-0.39, 0.29) is 5.91 Å². The molecule has 1 amide bonds. The van der Waals surface area contributed by atoms with Crippen molar-refractivity contribution in [3.63, 3.8) is 0 Å². The summed E-state index contributed by atoms with van der Waals surface area (Å²) in [5.74, 6) is 0.792. The quantitative estimate of drug-likeness (QED) is 0.845. The number of ether oxygens (including phenoxy) is 1. The van der Waals surface area contributed by atoms with Gasteiger partial charge in [-0.3, -0.25) is 4.79 Å². The van der Waals surface area contributed by atoms with Crippen LogP contribution in [-0.2, 0) is 17.8 Å². The number of rotatable bonds is 5. The summed E-state index contributed by atoms with van der Waals surface area (Å²) in [5.41, 5.74) is 1.95. The number of halogens is 1. The Kier molecular flexibility index (Phi) is 5.23. The van der Waals surface area contributed by atoms with Crippen LogP contribution in [0.25, 0.3) is 0 Å². The number of likely N-dealkylation sites (N-methyl/N-ethyl adjacent to an activating group) is 1. The Labute approximate surface area is 130 Å². The minimum Gasteiger partial charge on any atom is -0.496 e. The number of carbonyl (C=O) groups excluding carboxylic acids is 1. The number of para-hydroxylation sites is 1. The Morgan fingerprint density at radius 2 is 1.81 bits per heavy atom. The summed E-state index contributed by atoms with van der Waals surface area (Å²) in [6.45, 7) is 0.561. The van der Waals surface area contributed by atoms with Crippen LogP contribution >= 0.6 is 11.6 Å². The van der Waals surface area contributed by atoms with Gasteiger partial charge in [-0.25, -0.2) is 0 Å². The van der Waals surface area contributed by atoms with Crippen molar-refractivity contribution in [1.82, 2.24) is 4.90 Å². The second-order valence-corrected chi connectivity index (χ2v) is 5.30.